The fraction of sp³-hybridized carbons (Fsp3) is 0. The van der Waals surface area contributed by atoms with Gasteiger partial charge >= 0.3 is 0 Å². The maximum absolute atomic E-state index is 4.06. The second kappa shape index (κ2) is 22.4. The first-order chi connectivity index (χ1) is 35.6. The molecule has 0 N–H and O–H groups in total. The summed E-state index contributed by atoms with van der Waals surface area (Å²) in [6.07, 6.45) is 10.5. The molecule has 330 valence electrons. The molecule has 72 heavy (non-hydrogen) atoms. The van der Waals surface area contributed by atoms with Crippen LogP contribution in [0.1, 0.15) is 66.8 Å². The molecule has 0 aliphatic heterocycles. The summed E-state index contributed by atoms with van der Waals surface area (Å²) in [6.45, 7) is 0. The van der Waals surface area contributed by atoms with E-state index in [1.54, 1.807) is 37.2 Å². The van der Waals surface area contributed by atoms with Crippen molar-refractivity contribution in [3.63, 3.8) is 0 Å². The lowest BCUT2D eigenvalue weighted by molar-refractivity contribution is 1.32. The van der Waals surface area contributed by atoms with Gasteiger partial charge in [-0.2, -0.15) is 0 Å². The van der Waals surface area contributed by atoms with Crippen molar-refractivity contribution in [2.75, 3.05) is 0 Å². The van der Waals surface area contributed by atoms with Gasteiger partial charge < -0.3 is 0 Å². The van der Waals surface area contributed by atoms with Crippen molar-refractivity contribution in [3.8, 4) is 104 Å². The molecular formula is C69H39N3. The summed E-state index contributed by atoms with van der Waals surface area (Å²) >= 11 is 0. The molecule has 0 fully saturated rings. The Bertz CT molecular complexity index is 3470. The number of rotatable bonds is 3. The lowest BCUT2D eigenvalue weighted by Gasteiger charge is -2.03. The molecule has 0 saturated carbocycles. The monoisotopic (exact) mass is 909 g/mol. The summed E-state index contributed by atoms with van der Waals surface area (Å²) in [5.74, 6) is 39.6. The van der Waals surface area contributed by atoms with Crippen molar-refractivity contribution in [2.24, 2.45) is 0 Å². The summed E-state index contributed by atoms with van der Waals surface area (Å²) < 4.78 is 0. The third kappa shape index (κ3) is 12.5. The highest BCUT2D eigenvalue weighted by Gasteiger charge is 2.03. The van der Waals surface area contributed by atoms with Crippen LogP contribution in [0.25, 0.3) is 33.4 Å². The van der Waals surface area contributed by atoms with Crippen LogP contribution in [0, 0.1) is 71.0 Å². The molecule has 0 unspecified atom stereocenters. The average molecular weight is 910 g/mol. The van der Waals surface area contributed by atoms with Crippen LogP contribution in [0.5, 0.6) is 0 Å². The van der Waals surface area contributed by atoms with E-state index in [0.717, 1.165) is 100 Å². The summed E-state index contributed by atoms with van der Waals surface area (Å²) in [6, 6.07) is 67.2. The van der Waals surface area contributed by atoms with Crippen LogP contribution in [0.2, 0.25) is 0 Å². The first kappa shape index (κ1) is 45.1. The number of nitrogens with zero attached hydrogens (tertiary/aromatic N) is 3. The summed E-state index contributed by atoms with van der Waals surface area (Å²) in [5.41, 5.74) is 17.5. The third-order valence-corrected chi connectivity index (χ3v) is 11.4. The Morgan fingerprint density at radius 3 is 0.458 bits per heavy atom. The van der Waals surface area contributed by atoms with Crippen LogP contribution in [0.4, 0.5) is 0 Å². The van der Waals surface area contributed by atoms with E-state index in [0.29, 0.717) is 0 Å². The molecule has 3 heteroatoms. The molecule has 0 bridgehead atoms. The fourth-order valence-electron chi connectivity index (χ4n) is 7.49. The van der Waals surface area contributed by atoms with Gasteiger partial charge in [-0.25, -0.2) is 0 Å². The van der Waals surface area contributed by atoms with Crippen LogP contribution in [-0.2, 0) is 0 Å². The maximum Gasteiger partial charge on any atom is 0.0280 e. The van der Waals surface area contributed by atoms with Gasteiger partial charge in [0.05, 0.1) is 0 Å². The van der Waals surface area contributed by atoms with E-state index in [2.05, 4.69) is 195 Å². The van der Waals surface area contributed by atoms with Crippen LogP contribution in [0.15, 0.2) is 237 Å². The molecule has 3 aromatic heterocycles. The van der Waals surface area contributed by atoms with E-state index >= 15 is 0 Å². The molecule has 0 amide bonds. The van der Waals surface area contributed by atoms with E-state index in [9.17, 15) is 0 Å². The number of pyridine rings is 3. The Morgan fingerprint density at radius 2 is 0.292 bits per heavy atom. The van der Waals surface area contributed by atoms with Gasteiger partial charge in [-0.3, -0.25) is 15.0 Å². The van der Waals surface area contributed by atoms with Crippen LogP contribution in [-0.4, -0.2) is 15.0 Å². The summed E-state index contributed by atoms with van der Waals surface area (Å²) in [7, 11) is 0. The fourth-order valence-corrected chi connectivity index (χ4v) is 7.49. The molecule has 3 heterocycles. The average Bonchev–Trinajstić information content (AvgIpc) is 3.45. The van der Waals surface area contributed by atoms with Gasteiger partial charge in [0.25, 0.3) is 0 Å². The molecule has 10 rings (SSSR count). The first-order valence-corrected chi connectivity index (χ1v) is 23.2. The number of hydrogen-bond acceptors (Lipinski definition) is 3. The molecule has 0 aliphatic carbocycles. The number of hydrogen-bond donors (Lipinski definition) is 0. The minimum atomic E-state index is 0.826. The Morgan fingerprint density at radius 1 is 0.153 bits per heavy atom. The Hall–Kier alpha value is -10.7. The van der Waals surface area contributed by atoms with Gasteiger partial charge in [0.1, 0.15) is 0 Å². The van der Waals surface area contributed by atoms with E-state index in [1.165, 1.54) is 0 Å². The Balaban J connectivity index is 0.868. The quantitative estimate of drug-likeness (QED) is 0.166. The van der Waals surface area contributed by atoms with Crippen molar-refractivity contribution in [1.82, 2.24) is 15.0 Å². The Labute approximate surface area is 421 Å². The van der Waals surface area contributed by atoms with E-state index in [-0.39, 0.29) is 0 Å². The summed E-state index contributed by atoms with van der Waals surface area (Å²) in [4.78, 5) is 12.2. The summed E-state index contributed by atoms with van der Waals surface area (Å²) in [5, 5.41) is 0. The van der Waals surface area contributed by atoms with Crippen molar-refractivity contribution < 1.29 is 0 Å². The smallest absolute Gasteiger partial charge is 0.0280 e. The molecule has 7 aromatic carbocycles. The van der Waals surface area contributed by atoms with Gasteiger partial charge in [0.15, 0.2) is 0 Å². The molecule has 0 aliphatic rings. The predicted molar refractivity (Wildman–Crippen MR) is 291 cm³/mol. The molecule has 0 saturated heterocycles. The van der Waals surface area contributed by atoms with Crippen LogP contribution < -0.4 is 0 Å². The molecule has 0 spiro atoms. The van der Waals surface area contributed by atoms with Crippen LogP contribution in [0.3, 0.4) is 0 Å². The SMILES string of the molecule is C(#Cc1ccc(-c2ccc(C#Cc3cc(C#Cc4ccc(-c5ccc(C#Cc6ccncc6)cc5)cc4)cc(C#Cc4ccc(-c5ccc(C#Cc6ccncc6)cc5)cc4)c3)cc2)cc1)c1ccncc1. The van der Waals surface area contributed by atoms with Crippen molar-refractivity contribution in [2.45, 2.75) is 0 Å². The van der Waals surface area contributed by atoms with Gasteiger partial charge in [0.2, 0.25) is 0 Å². The highest BCUT2D eigenvalue weighted by molar-refractivity contribution is 5.69. The van der Waals surface area contributed by atoms with E-state index in [1.807, 2.05) is 91.0 Å². The first-order valence-electron chi connectivity index (χ1n) is 23.2. The highest BCUT2D eigenvalue weighted by Crippen LogP contribution is 2.23. The van der Waals surface area contributed by atoms with E-state index < -0.39 is 0 Å². The maximum atomic E-state index is 4.06. The number of aromatic nitrogens is 3. The zero-order chi connectivity index (χ0) is 48.6. The normalized spacial score (nSPS) is 9.83. The Kier molecular flexibility index (Phi) is 14.1. The zero-order valence-corrected chi connectivity index (χ0v) is 38.9. The topological polar surface area (TPSA) is 38.7 Å². The van der Waals surface area contributed by atoms with Gasteiger partial charge in [-0.15, -0.1) is 0 Å². The largest absolute Gasteiger partial charge is 0.265 e. The van der Waals surface area contributed by atoms with Gasteiger partial charge in [-0.05, 0) is 161 Å². The lowest BCUT2D eigenvalue weighted by atomic mass is 10.0. The minimum absolute atomic E-state index is 0.826. The van der Waals surface area contributed by atoms with Gasteiger partial charge in [-0.1, -0.05) is 144 Å². The van der Waals surface area contributed by atoms with Crippen LogP contribution >= 0.6 is 0 Å². The lowest BCUT2D eigenvalue weighted by Crippen LogP contribution is -1.86. The standard InChI is InChI=1S/C69H39N3/c1(4-58-37-43-70-44-38-58)52-13-25-64(26-14-52)67-31-19-55(20-32-67)7-10-61-49-62(11-8-56-21-33-68(34-22-56)65-27-15-53(16-28-65)2-5-59-39-45-71-46-40-59)51-63(50-61)12-9-57-23-35-69(36-24-57)66-29-17-54(18-30-66)3-6-60-41-47-72-48-42-60/h13-51H. The van der Waals surface area contributed by atoms with Gasteiger partial charge in [0, 0.05) is 104 Å². The number of benzene rings is 7. The molecular weight excluding hydrogens is 871 g/mol. The zero-order valence-electron chi connectivity index (χ0n) is 38.9. The molecule has 3 nitrogen and oxygen atoms in total. The highest BCUT2D eigenvalue weighted by atomic mass is 14.6. The third-order valence-electron chi connectivity index (χ3n) is 11.4. The predicted octanol–water partition coefficient (Wildman–Crippen LogP) is 13.3. The molecule has 10 aromatic rings. The molecule has 0 atom stereocenters. The second-order valence-electron chi connectivity index (χ2n) is 16.5. The van der Waals surface area contributed by atoms with Crippen molar-refractivity contribution in [3.05, 3.63) is 304 Å². The van der Waals surface area contributed by atoms with Crippen molar-refractivity contribution >= 4 is 0 Å². The van der Waals surface area contributed by atoms with Crippen molar-refractivity contribution in [1.29, 1.82) is 0 Å². The molecule has 0 radical (unpaired) electrons. The minimum Gasteiger partial charge on any atom is -0.265 e. The second-order valence-corrected chi connectivity index (χ2v) is 16.5. The van der Waals surface area contributed by atoms with E-state index in [4.69, 9.17) is 0 Å².